The maximum atomic E-state index is 5.92. The minimum absolute atomic E-state index is 0.107. The molecule has 2 aromatic rings. The van der Waals surface area contributed by atoms with Crippen molar-refractivity contribution in [2.75, 3.05) is 11.1 Å². The van der Waals surface area contributed by atoms with Gasteiger partial charge < -0.3 is 15.8 Å². The number of hydrogen-bond donors (Lipinski definition) is 2. The van der Waals surface area contributed by atoms with Crippen molar-refractivity contribution in [1.29, 1.82) is 0 Å². The molecule has 0 saturated heterocycles. The molecule has 0 amide bonds. The Hall–Kier alpha value is -2.16. The van der Waals surface area contributed by atoms with Gasteiger partial charge in [-0.2, -0.15) is 0 Å². The molecule has 0 unspecified atom stereocenters. The SMILES string of the molecule is CCc1cccc(Nc2ccc(N)c(OC(C)C)c2)c1. The number of benzene rings is 2. The van der Waals surface area contributed by atoms with Crippen molar-refractivity contribution < 1.29 is 4.74 Å². The summed E-state index contributed by atoms with van der Waals surface area (Å²) in [4.78, 5) is 0. The van der Waals surface area contributed by atoms with Gasteiger partial charge in [0.05, 0.1) is 11.8 Å². The molecular formula is C17H22N2O. The summed E-state index contributed by atoms with van der Waals surface area (Å²) in [6.07, 6.45) is 1.13. The lowest BCUT2D eigenvalue weighted by molar-refractivity contribution is 0.244. The van der Waals surface area contributed by atoms with Crippen molar-refractivity contribution in [2.24, 2.45) is 0 Å². The van der Waals surface area contributed by atoms with Crippen molar-refractivity contribution in [3.63, 3.8) is 0 Å². The van der Waals surface area contributed by atoms with Crippen molar-refractivity contribution in [2.45, 2.75) is 33.3 Å². The Morgan fingerprint density at radius 2 is 1.85 bits per heavy atom. The smallest absolute Gasteiger partial charge is 0.144 e. The van der Waals surface area contributed by atoms with Gasteiger partial charge in [0, 0.05) is 17.4 Å². The molecule has 0 spiro atoms. The van der Waals surface area contributed by atoms with Gasteiger partial charge in [-0.05, 0) is 50.1 Å². The maximum Gasteiger partial charge on any atom is 0.144 e. The first kappa shape index (κ1) is 14.3. The summed E-state index contributed by atoms with van der Waals surface area (Å²) in [6, 6.07) is 14.2. The Morgan fingerprint density at radius 3 is 2.55 bits per heavy atom. The van der Waals surface area contributed by atoms with Gasteiger partial charge in [0.2, 0.25) is 0 Å². The first-order valence-electron chi connectivity index (χ1n) is 7.00. The number of nitrogens with two attached hydrogens (primary N) is 1. The van der Waals surface area contributed by atoms with Crippen LogP contribution in [0.25, 0.3) is 0 Å². The molecule has 0 saturated carbocycles. The quantitative estimate of drug-likeness (QED) is 0.793. The van der Waals surface area contributed by atoms with E-state index in [1.807, 2.05) is 32.0 Å². The molecule has 2 rings (SSSR count). The lowest BCUT2D eigenvalue weighted by Crippen LogP contribution is -2.07. The van der Waals surface area contributed by atoms with E-state index in [-0.39, 0.29) is 6.10 Å². The average Bonchev–Trinajstić information content (AvgIpc) is 2.42. The van der Waals surface area contributed by atoms with Gasteiger partial charge in [-0.1, -0.05) is 19.1 Å². The lowest BCUT2D eigenvalue weighted by atomic mass is 10.1. The summed E-state index contributed by atoms with van der Waals surface area (Å²) >= 11 is 0. The average molecular weight is 270 g/mol. The summed E-state index contributed by atoms with van der Waals surface area (Å²) in [5.41, 5.74) is 9.94. The van der Waals surface area contributed by atoms with E-state index in [1.165, 1.54) is 5.56 Å². The van der Waals surface area contributed by atoms with E-state index in [1.54, 1.807) is 0 Å². The Bertz CT molecular complexity index is 579. The molecule has 3 N–H and O–H groups in total. The fourth-order valence-corrected chi connectivity index (χ4v) is 2.00. The number of ether oxygens (including phenoxy) is 1. The maximum absolute atomic E-state index is 5.92. The zero-order valence-corrected chi connectivity index (χ0v) is 12.3. The second kappa shape index (κ2) is 6.33. The Morgan fingerprint density at radius 1 is 1.10 bits per heavy atom. The standard InChI is InChI=1S/C17H22N2O/c1-4-13-6-5-7-14(10-13)19-15-8-9-16(18)17(11-15)20-12(2)3/h5-12,19H,4,18H2,1-3H3. The second-order valence-electron chi connectivity index (χ2n) is 5.10. The normalized spacial score (nSPS) is 10.6. The van der Waals surface area contributed by atoms with Crippen LogP contribution in [0.2, 0.25) is 0 Å². The molecule has 2 aromatic carbocycles. The zero-order valence-electron chi connectivity index (χ0n) is 12.3. The largest absolute Gasteiger partial charge is 0.489 e. The minimum atomic E-state index is 0.107. The van der Waals surface area contributed by atoms with Crippen LogP contribution in [0.3, 0.4) is 0 Å². The van der Waals surface area contributed by atoms with Gasteiger partial charge >= 0.3 is 0 Å². The molecule has 3 nitrogen and oxygen atoms in total. The number of nitrogen functional groups attached to an aromatic ring is 1. The molecule has 0 atom stereocenters. The van der Waals surface area contributed by atoms with Crippen LogP contribution in [0.1, 0.15) is 26.3 Å². The topological polar surface area (TPSA) is 47.3 Å². The highest BCUT2D eigenvalue weighted by Crippen LogP contribution is 2.28. The zero-order chi connectivity index (χ0) is 14.5. The second-order valence-corrected chi connectivity index (χ2v) is 5.10. The minimum Gasteiger partial charge on any atom is -0.489 e. The van der Waals surface area contributed by atoms with E-state index in [0.717, 1.165) is 23.5 Å². The highest BCUT2D eigenvalue weighted by Gasteiger charge is 2.05. The summed E-state index contributed by atoms with van der Waals surface area (Å²) in [7, 11) is 0. The van der Waals surface area contributed by atoms with E-state index in [9.17, 15) is 0 Å². The third-order valence-electron chi connectivity index (χ3n) is 3.00. The van der Waals surface area contributed by atoms with Crippen LogP contribution in [-0.2, 0) is 6.42 Å². The van der Waals surface area contributed by atoms with Crippen molar-refractivity contribution in [3.8, 4) is 5.75 Å². The van der Waals surface area contributed by atoms with Gasteiger partial charge in [0.25, 0.3) is 0 Å². The molecule has 0 radical (unpaired) electrons. The fraction of sp³-hybridized carbons (Fsp3) is 0.294. The summed E-state index contributed by atoms with van der Waals surface area (Å²) in [6.45, 7) is 6.13. The molecule has 106 valence electrons. The van der Waals surface area contributed by atoms with Crippen LogP contribution in [0.4, 0.5) is 17.1 Å². The van der Waals surface area contributed by atoms with E-state index in [2.05, 4.69) is 36.5 Å². The molecule has 0 bridgehead atoms. The first-order chi connectivity index (χ1) is 9.58. The van der Waals surface area contributed by atoms with Gasteiger partial charge in [-0.3, -0.25) is 0 Å². The van der Waals surface area contributed by atoms with E-state index >= 15 is 0 Å². The first-order valence-corrected chi connectivity index (χ1v) is 7.00. The van der Waals surface area contributed by atoms with E-state index in [4.69, 9.17) is 10.5 Å². The van der Waals surface area contributed by atoms with Crippen LogP contribution < -0.4 is 15.8 Å². The molecule has 3 heteroatoms. The Labute approximate surface area is 120 Å². The molecule has 0 aliphatic heterocycles. The molecule has 0 aromatic heterocycles. The molecule has 0 heterocycles. The molecule has 0 aliphatic carbocycles. The van der Waals surface area contributed by atoms with E-state index in [0.29, 0.717) is 5.69 Å². The summed E-state index contributed by atoms with van der Waals surface area (Å²) in [5.74, 6) is 0.719. The van der Waals surface area contributed by atoms with Crippen LogP contribution >= 0.6 is 0 Å². The summed E-state index contributed by atoms with van der Waals surface area (Å²) < 4.78 is 5.70. The monoisotopic (exact) mass is 270 g/mol. The van der Waals surface area contributed by atoms with Gasteiger partial charge in [-0.15, -0.1) is 0 Å². The molecule has 20 heavy (non-hydrogen) atoms. The molecule has 0 fully saturated rings. The number of aryl methyl sites for hydroxylation is 1. The van der Waals surface area contributed by atoms with Crippen molar-refractivity contribution in [3.05, 3.63) is 48.0 Å². The van der Waals surface area contributed by atoms with Crippen LogP contribution in [0.5, 0.6) is 5.75 Å². The van der Waals surface area contributed by atoms with Crippen LogP contribution in [0, 0.1) is 0 Å². The van der Waals surface area contributed by atoms with Crippen molar-refractivity contribution in [1.82, 2.24) is 0 Å². The number of anilines is 3. The number of hydrogen-bond acceptors (Lipinski definition) is 3. The van der Waals surface area contributed by atoms with Gasteiger partial charge in [0.15, 0.2) is 0 Å². The van der Waals surface area contributed by atoms with Crippen LogP contribution in [0.15, 0.2) is 42.5 Å². The van der Waals surface area contributed by atoms with E-state index < -0.39 is 0 Å². The highest BCUT2D eigenvalue weighted by molar-refractivity contribution is 5.67. The predicted octanol–water partition coefficient (Wildman–Crippen LogP) is 4.36. The summed E-state index contributed by atoms with van der Waals surface area (Å²) in [5, 5.41) is 3.38. The lowest BCUT2D eigenvalue weighted by Gasteiger charge is -2.14. The molecular weight excluding hydrogens is 248 g/mol. The number of rotatable bonds is 5. The van der Waals surface area contributed by atoms with Gasteiger partial charge in [0.1, 0.15) is 5.75 Å². The Kier molecular flexibility index (Phi) is 4.51. The predicted molar refractivity (Wildman–Crippen MR) is 85.7 cm³/mol. The van der Waals surface area contributed by atoms with Crippen LogP contribution in [-0.4, -0.2) is 6.10 Å². The third-order valence-corrected chi connectivity index (χ3v) is 3.00. The van der Waals surface area contributed by atoms with Crippen molar-refractivity contribution >= 4 is 17.1 Å². The highest BCUT2D eigenvalue weighted by atomic mass is 16.5. The number of nitrogens with one attached hydrogen (secondary N) is 1. The fourth-order valence-electron chi connectivity index (χ4n) is 2.00. The van der Waals surface area contributed by atoms with Gasteiger partial charge in [-0.25, -0.2) is 0 Å². The Balaban J connectivity index is 2.20. The molecule has 0 aliphatic rings. The third kappa shape index (κ3) is 3.67.